The van der Waals surface area contributed by atoms with Gasteiger partial charge in [-0.1, -0.05) is 35.5 Å². The fraction of sp³-hybridized carbons (Fsp3) is 0.211. The summed E-state index contributed by atoms with van der Waals surface area (Å²) in [5.74, 6) is 1.63. The minimum atomic E-state index is 0.459. The number of nitrogens with one attached hydrogen (secondary N) is 2. The average Bonchev–Trinajstić information content (AvgIpc) is 2.93. The Hall–Kier alpha value is -2.79. The van der Waals surface area contributed by atoms with Crippen LogP contribution in [0.2, 0.25) is 0 Å². The summed E-state index contributed by atoms with van der Waals surface area (Å²) in [7, 11) is 0. The lowest BCUT2D eigenvalue weighted by Gasteiger charge is -2.10. The van der Waals surface area contributed by atoms with Gasteiger partial charge in [-0.15, -0.1) is 0 Å². The molecule has 0 saturated carbocycles. The van der Waals surface area contributed by atoms with E-state index in [1.165, 1.54) is 0 Å². The van der Waals surface area contributed by atoms with Crippen molar-refractivity contribution in [2.24, 2.45) is 0 Å². The third-order valence-electron chi connectivity index (χ3n) is 3.76. The van der Waals surface area contributed by atoms with Crippen molar-refractivity contribution in [3.8, 4) is 5.75 Å². The molecule has 124 valence electrons. The van der Waals surface area contributed by atoms with Crippen LogP contribution in [0.1, 0.15) is 22.6 Å². The fourth-order valence-corrected chi connectivity index (χ4v) is 2.38. The highest BCUT2D eigenvalue weighted by Gasteiger charge is 2.09. The Kier molecular flexibility index (Phi) is 5.13. The van der Waals surface area contributed by atoms with Gasteiger partial charge in [-0.2, -0.15) is 0 Å². The van der Waals surface area contributed by atoms with E-state index in [1.807, 2.05) is 62.4 Å². The van der Waals surface area contributed by atoms with E-state index in [0.29, 0.717) is 13.2 Å². The van der Waals surface area contributed by atoms with Crippen LogP contribution in [0.15, 0.2) is 59.1 Å². The van der Waals surface area contributed by atoms with Gasteiger partial charge >= 0.3 is 0 Å². The Morgan fingerprint density at radius 2 is 1.88 bits per heavy atom. The third-order valence-corrected chi connectivity index (χ3v) is 3.76. The summed E-state index contributed by atoms with van der Waals surface area (Å²) in [6.45, 7) is 4.97. The van der Waals surface area contributed by atoms with Crippen molar-refractivity contribution in [3.05, 3.63) is 77.2 Å². The summed E-state index contributed by atoms with van der Waals surface area (Å²) in [6.07, 6.45) is 0. The number of hydrogen-bond donors (Lipinski definition) is 2. The highest BCUT2D eigenvalue weighted by atomic mass is 16.5. The largest absolute Gasteiger partial charge is 0.489 e. The van der Waals surface area contributed by atoms with Gasteiger partial charge in [-0.3, -0.25) is 0 Å². The van der Waals surface area contributed by atoms with Crippen LogP contribution >= 0.6 is 0 Å². The zero-order valence-electron chi connectivity index (χ0n) is 13.9. The molecule has 0 spiro atoms. The molecule has 0 aliphatic carbocycles. The first-order valence-electron chi connectivity index (χ1n) is 7.90. The molecular formula is C19H21N3O2. The SMILES string of the molecule is Cc1noc(C)c1COc1cccc(CNNc2ccccc2)c1. The predicted octanol–water partition coefficient (Wildman–Crippen LogP) is 3.99. The maximum absolute atomic E-state index is 5.87. The molecule has 2 aromatic carbocycles. The number of hydrazine groups is 1. The Labute approximate surface area is 141 Å². The van der Waals surface area contributed by atoms with Crippen molar-refractivity contribution < 1.29 is 9.26 Å². The van der Waals surface area contributed by atoms with E-state index in [0.717, 1.165) is 34.0 Å². The molecule has 0 fully saturated rings. The molecule has 0 aliphatic rings. The first-order valence-corrected chi connectivity index (χ1v) is 7.90. The molecule has 3 rings (SSSR count). The fourth-order valence-electron chi connectivity index (χ4n) is 2.38. The standard InChI is InChI=1S/C19H21N3O2/c1-14-19(15(2)24-22-14)13-23-18-10-6-7-16(11-18)12-20-21-17-8-4-3-5-9-17/h3-11,20-21H,12-13H2,1-2H3. The second-order valence-electron chi connectivity index (χ2n) is 5.58. The van der Waals surface area contributed by atoms with Crippen molar-refractivity contribution in [3.63, 3.8) is 0 Å². The second kappa shape index (κ2) is 7.66. The van der Waals surface area contributed by atoms with Crippen molar-refractivity contribution in [2.75, 3.05) is 5.43 Å². The average molecular weight is 323 g/mol. The highest BCUT2D eigenvalue weighted by molar-refractivity contribution is 5.41. The van der Waals surface area contributed by atoms with Crippen molar-refractivity contribution in [1.29, 1.82) is 0 Å². The number of para-hydroxylation sites is 1. The Morgan fingerprint density at radius 3 is 2.62 bits per heavy atom. The van der Waals surface area contributed by atoms with Crippen LogP contribution in [-0.4, -0.2) is 5.16 Å². The highest BCUT2D eigenvalue weighted by Crippen LogP contribution is 2.18. The summed E-state index contributed by atoms with van der Waals surface area (Å²) in [5, 5.41) is 3.94. The van der Waals surface area contributed by atoms with Crippen LogP contribution < -0.4 is 15.6 Å². The lowest BCUT2D eigenvalue weighted by Crippen LogP contribution is -2.20. The van der Waals surface area contributed by atoms with Crippen LogP contribution in [0.3, 0.4) is 0 Å². The number of benzene rings is 2. The van der Waals surface area contributed by atoms with Gasteiger partial charge in [-0.05, 0) is 43.7 Å². The van der Waals surface area contributed by atoms with Gasteiger partial charge in [0.2, 0.25) is 0 Å². The molecule has 24 heavy (non-hydrogen) atoms. The van der Waals surface area contributed by atoms with Gasteiger partial charge in [0, 0.05) is 12.2 Å². The minimum Gasteiger partial charge on any atom is -0.489 e. The van der Waals surface area contributed by atoms with Crippen LogP contribution in [0.25, 0.3) is 0 Å². The normalized spacial score (nSPS) is 10.6. The molecule has 0 atom stereocenters. The van der Waals surface area contributed by atoms with E-state index in [1.54, 1.807) is 0 Å². The van der Waals surface area contributed by atoms with Gasteiger partial charge in [0.05, 0.1) is 11.3 Å². The number of aryl methyl sites for hydroxylation is 2. The van der Waals surface area contributed by atoms with Crippen molar-refractivity contribution in [2.45, 2.75) is 27.0 Å². The number of hydrogen-bond acceptors (Lipinski definition) is 5. The number of anilines is 1. The van der Waals surface area contributed by atoms with Gasteiger partial charge in [0.1, 0.15) is 18.1 Å². The zero-order valence-corrected chi connectivity index (χ0v) is 13.9. The van der Waals surface area contributed by atoms with E-state index < -0.39 is 0 Å². The van der Waals surface area contributed by atoms with Gasteiger partial charge < -0.3 is 14.7 Å². The molecule has 0 aliphatic heterocycles. The van der Waals surface area contributed by atoms with Crippen LogP contribution in [0, 0.1) is 13.8 Å². The van der Waals surface area contributed by atoms with E-state index in [4.69, 9.17) is 9.26 Å². The quantitative estimate of drug-likeness (QED) is 0.644. The molecule has 5 heteroatoms. The maximum atomic E-state index is 5.87. The monoisotopic (exact) mass is 323 g/mol. The van der Waals surface area contributed by atoms with E-state index in [9.17, 15) is 0 Å². The molecule has 1 heterocycles. The first kappa shape index (κ1) is 16.1. The van der Waals surface area contributed by atoms with E-state index >= 15 is 0 Å². The molecule has 5 nitrogen and oxygen atoms in total. The smallest absolute Gasteiger partial charge is 0.140 e. The summed E-state index contributed by atoms with van der Waals surface area (Å²) in [6, 6.07) is 18.0. The molecule has 0 amide bonds. The summed E-state index contributed by atoms with van der Waals surface area (Å²) >= 11 is 0. The molecular weight excluding hydrogens is 302 g/mol. The van der Waals surface area contributed by atoms with Crippen molar-refractivity contribution >= 4 is 5.69 Å². The maximum Gasteiger partial charge on any atom is 0.140 e. The molecule has 0 saturated heterocycles. The molecule has 3 aromatic rings. The molecule has 0 bridgehead atoms. The zero-order chi connectivity index (χ0) is 16.8. The first-order chi connectivity index (χ1) is 11.7. The number of aromatic nitrogens is 1. The second-order valence-corrected chi connectivity index (χ2v) is 5.58. The van der Waals surface area contributed by atoms with Gasteiger partial charge in [0.15, 0.2) is 0 Å². The van der Waals surface area contributed by atoms with Crippen molar-refractivity contribution in [1.82, 2.24) is 10.6 Å². The van der Waals surface area contributed by atoms with E-state index in [2.05, 4.69) is 22.1 Å². The number of nitrogens with zero attached hydrogens (tertiary/aromatic N) is 1. The van der Waals surface area contributed by atoms with E-state index in [-0.39, 0.29) is 0 Å². The number of rotatable bonds is 7. The molecule has 0 radical (unpaired) electrons. The summed E-state index contributed by atoms with van der Waals surface area (Å²) in [5.41, 5.74) is 10.4. The van der Waals surface area contributed by atoms with Gasteiger partial charge in [0.25, 0.3) is 0 Å². The summed E-state index contributed by atoms with van der Waals surface area (Å²) in [4.78, 5) is 0. The lowest BCUT2D eigenvalue weighted by atomic mass is 10.2. The van der Waals surface area contributed by atoms with Gasteiger partial charge in [-0.25, -0.2) is 5.43 Å². The van der Waals surface area contributed by atoms with Crippen LogP contribution in [0.5, 0.6) is 5.75 Å². The summed E-state index contributed by atoms with van der Waals surface area (Å²) < 4.78 is 11.0. The minimum absolute atomic E-state index is 0.459. The van der Waals surface area contributed by atoms with Crippen LogP contribution in [0.4, 0.5) is 5.69 Å². The topological polar surface area (TPSA) is 59.3 Å². The Bertz CT molecular complexity index is 765. The molecule has 0 unspecified atom stereocenters. The Balaban J connectivity index is 1.54. The van der Waals surface area contributed by atoms with Crippen LogP contribution in [-0.2, 0) is 13.2 Å². The lowest BCUT2D eigenvalue weighted by molar-refractivity contribution is 0.301. The number of ether oxygens (including phenoxy) is 1. The Morgan fingerprint density at radius 1 is 1.04 bits per heavy atom. The molecule has 1 aromatic heterocycles. The predicted molar refractivity (Wildman–Crippen MR) is 93.7 cm³/mol. The molecule has 2 N–H and O–H groups in total. The third kappa shape index (κ3) is 4.14.